The molecule has 1 N–H and O–H groups in total. The molecule has 1 rings (SSSR count). The maximum absolute atomic E-state index is 12.2. The molecular weight excluding hydrogens is 268 g/mol. The molecule has 0 saturated carbocycles. The van der Waals surface area contributed by atoms with Gasteiger partial charge in [0.2, 0.25) is 5.91 Å². The van der Waals surface area contributed by atoms with E-state index in [1.54, 1.807) is 0 Å². The molecule has 7 heteroatoms. The lowest BCUT2D eigenvalue weighted by Crippen LogP contribution is -2.44. The third kappa shape index (κ3) is 4.24. The van der Waals surface area contributed by atoms with Crippen molar-refractivity contribution in [2.75, 3.05) is 12.3 Å². The molecule has 19 heavy (non-hydrogen) atoms. The Morgan fingerprint density at radius 1 is 1.53 bits per heavy atom. The van der Waals surface area contributed by atoms with Crippen molar-refractivity contribution >= 4 is 28.8 Å². The van der Waals surface area contributed by atoms with E-state index in [2.05, 4.69) is 0 Å². The van der Waals surface area contributed by atoms with Gasteiger partial charge in [-0.2, -0.15) is 5.26 Å². The fourth-order valence-electron chi connectivity index (χ4n) is 2.07. The molecular formula is C12H16N2O4S. The number of hydrogen-bond acceptors (Lipinski definition) is 5. The molecule has 0 spiro atoms. The van der Waals surface area contributed by atoms with Crippen molar-refractivity contribution in [2.45, 2.75) is 32.2 Å². The number of nitrogens with zero attached hydrogens (tertiary/aromatic N) is 2. The summed E-state index contributed by atoms with van der Waals surface area (Å²) in [5.74, 6) is -1.73. The first-order chi connectivity index (χ1) is 8.97. The van der Waals surface area contributed by atoms with Crippen LogP contribution < -0.4 is 0 Å². The summed E-state index contributed by atoms with van der Waals surface area (Å²) in [6, 6.07) is 1.13. The van der Waals surface area contributed by atoms with E-state index in [1.165, 1.54) is 11.8 Å². The van der Waals surface area contributed by atoms with Gasteiger partial charge in [0.05, 0.1) is 12.0 Å². The van der Waals surface area contributed by atoms with Crippen LogP contribution in [0.5, 0.6) is 0 Å². The highest BCUT2D eigenvalue weighted by molar-refractivity contribution is 8.13. The van der Waals surface area contributed by atoms with Crippen LogP contribution in [0, 0.1) is 17.2 Å². The molecule has 1 saturated heterocycles. The number of carbonyl (C=O) groups excluding carboxylic acids is 2. The van der Waals surface area contributed by atoms with Crippen molar-refractivity contribution < 1.29 is 19.5 Å². The Morgan fingerprint density at radius 2 is 2.21 bits per heavy atom. The molecule has 0 aromatic rings. The number of likely N-dealkylation sites (tertiary alicyclic amines) is 1. The maximum Gasteiger partial charge on any atom is 0.326 e. The maximum atomic E-state index is 12.2. The molecule has 2 atom stereocenters. The predicted octanol–water partition coefficient (Wildman–Crippen LogP) is 0.872. The monoisotopic (exact) mass is 284 g/mol. The minimum Gasteiger partial charge on any atom is -0.480 e. The summed E-state index contributed by atoms with van der Waals surface area (Å²) in [4.78, 5) is 35.5. The van der Waals surface area contributed by atoms with Crippen LogP contribution in [0.25, 0.3) is 0 Å². The van der Waals surface area contributed by atoms with Gasteiger partial charge in [-0.05, 0) is 12.8 Å². The van der Waals surface area contributed by atoms with Gasteiger partial charge < -0.3 is 10.0 Å². The number of rotatable bonds is 5. The van der Waals surface area contributed by atoms with Crippen molar-refractivity contribution in [1.29, 1.82) is 5.26 Å². The van der Waals surface area contributed by atoms with Crippen LogP contribution in [0.2, 0.25) is 0 Å². The Balaban J connectivity index is 2.72. The van der Waals surface area contributed by atoms with Gasteiger partial charge in [-0.15, -0.1) is 0 Å². The van der Waals surface area contributed by atoms with Gasteiger partial charge >= 0.3 is 5.97 Å². The number of carboxylic acids is 1. The molecule has 0 aromatic heterocycles. The second-order valence-corrected chi connectivity index (χ2v) is 5.59. The molecule has 1 amide bonds. The van der Waals surface area contributed by atoms with Crippen molar-refractivity contribution in [2.24, 2.45) is 5.92 Å². The van der Waals surface area contributed by atoms with Gasteiger partial charge in [0.25, 0.3) is 0 Å². The van der Waals surface area contributed by atoms with Gasteiger partial charge in [0.15, 0.2) is 5.12 Å². The lowest BCUT2D eigenvalue weighted by atomic mass is 10.1. The van der Waals surface area contributed by atoms with Crippen molar-refractivity contribution in [3.63, 3.8) is 0 Å². The van der Waals surface area contributed by atoms with Crippen molar-refractivity contribution in [3.05, 3.63) is 0 Å². The van der Waals surface area contributed by atoms with E-state index in [9.17, 15) is 14.4 Å². The Morgan fingerprint density at radius 3 is 2.74 bits per heavy atom. The molecule has 1 aliphatic heterocycles. The normalized spacial score (nSPS) is 19.8. The predicted molar refractivity (Wildman–Crippen MR) is 69.2 cm³/mol. The Kier molecular flexibility index (Phi) is 5.83. The minimum absolute atomic E-state index is 0.00194. The second kappa shape index (κ2) is 7.14. The molecule has 0 bridgehead atoms. The lowest BCUT2D eigenvalue weighted by molar-refractivity contribution is -0.149. The summed E-state index contributed by atoms with van der Waals surface area (Å²) in [7, 11) is 0. The lowest BCUT2D eigenvalue weighted by Gasteiger charge is -2.25. The average Bonchev–Trinajstić information content (AvgIpc) is 2.82. The average molecular weight is 284 g/mol. The van der Waals surface area contributed by atoms with Crippen molar-refractivity contribution in [3.8, 4) is 6.07 Å². The molecule has 1 aliphatic rings. The topological polar surface area (TPSA) is 98.5 Å². The Hall–Kier alpha value is -1.55. The second-order valence-electron chi connectivity index (χ2n) is 4.39. The quantitative estimate of drug-likeness (QED) is 0.804. The summed E-state index contributed by atoms with van der Waals surface area (Å²) >= 11 is 0.991. The van der Waals surface area contributed by atoms with E-state index in [0.29, 0.717) is 19.4 Å². The van der Waals surface area contributed by atoms with E-state index in [1.807, 2.05) is 6.07 Å². The van der Waals surface area contributed by atoms with Crippen LogP contribution in [0.15, 0.2) is 0 Å². The minimum atomic E-state index is -1.01. The smallest absolute Gasteiger partial charge is 0.326 e. The first-order valence-corrected chi connectivity index (χ1v) is 6.99. The van der Waals surface area contributed by atoms with Crippen LogP contribution in [0.1, 0.15) is 26.2 Å². The van der Waals surface area contributed by atoms with Crippen molar-refractivity contribution in [1.82, 2.24) is 4.90 Å². The summed E-state index contributed by atoms with van der Waals surface area (Å²) in [6.45, 7) is 1.80. The molecule has 6 nitrogen and oxygen atoms in total. The number of amides is 1. The summed E-state index contributed by atoms with van der Waals surface area (Å²) in [6.07, 6.45) is 1.10. The summed E-state index contributed by atoms with van der Waals surface area (Å²) in [5.41, 5.74) is 0. The zero-order valence-electron chi connectivity index (χ0n) is 10.7. The van der Waals surface area contributed by atoms with E-state index in [4.69, 9.17) is 10.4 Å². The number of carbonyl (C=O) groups is 3. The molecule has 0 radical (unpaired) electrons. The first kappa shape index (κ1) is 15.5. The highest BCUT2D eigenvalue weighted by Crippen LogP contribution is 2.23. The fraction of sp³-hybridized carbons (Fsp3) is 0.667. The first-order valence-electron chi connectivity index (χ1n) is 6.01. The molecule has 0 aliphatic carbocycles. The molecule has 0 aromatic carbocycles. The SMILES string of the molecule is CC(=O)SCC(CC#N)C(=O)N1CCC[C@H]1C(=O)O. The third-order valence-corrected chi connectivity index (χ3v) is 3.97. The van der Waals surface area contributed by atoms with Gasteiger partial charge in [0.1, 0.15) is 6.04 Å². The van der Waals surface area contributed by atoms with Crippen LogP contribution in [-0.4, -0.2) is 45.3 Å². The highest BCUT2D eigenvalue weighted by Gasteiger charge is 2.36. The number of carboxylic acid groups (broad SMARTS) is 1. The summed E-state index contributed by atoms with van der Waals surface area (Å²) < 4.78 is 0. The van der Waals surface area contributed by atoms with Crippen LogP contribution in [0.3, 0.4) is 0 Å². The Labute approximate surface area is 115 Å². The van der Waals surface area contributed by atoms with Gasteiger partial charge in [-0.25, -0.2) is 4.79 Å². The fourth-order valence-corrected chi connectivity index (χ4v) is 2.76. The molecule has 104 valence electrons. The highest BCUT2D eigenvalue weighted by atomic mass is 32.2. The zero-order chi connectivity index (χ0) is 14.4. The zero-order valence-corrected chi connectivity index (χ0v) is 11.5. The Bertz CT molecular complexity index is 418. The number of thioether (sulfide) groups is 1. The van der Waals surface area contributed by atoms with E-state index >= 15 is 0 Å². The number of hydrogen-bond donors (Lipinski definition) is 1. The largest absolute Gasteiger partial charge is 0.480 e. The standard InChI is InChI=1S/C12H16N2O4S/c1-8(15)19-7-9(4-5-13)11(16)14-6-2-3-10(14)12(17)18/h9-10H,2-4,6-7H2,1H3,(H,17,18)/t9?,10-/m0/s1. The third-order valence-electron chi connectivity index (χ3n) is 3.00. The van der Waals surface area contributed by atoms with Crippen LogP contribution >= 0.6 is 11.8 Å². The number of aliphatic carboxylic acids is 1. The molecule has 1 fully saturated rings. The molecule has 1 unspecified atom stereocenters. The van der Waals surface area contributed by atoms with E-state index < -0.39 is 17.9 Å². The summed E-state index contributed by atoms with van der Waals surface area (Å²) in [5, 5.41) is 17.7. The molecule has 1 heterocycles. The van der Waals surface area contributed by atoms with Crippen LogP contribution in [-0.2, 0) is 14.4 Å². The van der Waals surface area contributed by atoms with Gasteiger partial charge in [0, 0.05) is 25.6 Å². The number of nitriles is 1. The van der Waals surface area contributed by atoms with E-state index in [0.717, 1.165) is 11.8 Å². The van der Waals surface area contributed by atoms with E-state index in [-0.39, 0.29) is 23.2 Å². The van der Waals surface area contributed by atoms with Gasteiger partial charge in [-0.3, -0.25) is 9.59 Å². The van der Waals surface area contributed by atoms with Gasteiger partial charge in [-0.1, -0.05) is 11.8 Å². The van der Waals surface area contributed by atoms with Crippen LogP contribution in [0.4, 0.5) is 0 Å².